The van der Waals surface area contributed by atoms with Crippen molar-refractivity contribution < 1.29 is 9.53 Å². The summed E-state index contributed by atoms with van der Waals surface area (Å²) < 4.78 is 6.84. The number of aliphatic imine (C=N–C) groups is 1. The summed E-state index contributed by atoms with van der Waals surface area (Å²) in [6.07, 6.45) is 2.48. The Morgan fingerprint density at radius 3 is 2.63 bits per heavy atom. The van der Waals surface area contributed by atoms with E-state index in [4.69, 9.17) is 15.9 Å². The monoisotopic (exact) mass is 507 g/mol. The summed E-state index contributed by atoms with van der Waals surface area (Å²) in [7, 11) is 1.53. The Bertz CT molecular complexity index is 1640. The highest BCUT2D eigenvalue weighted by molar-refractivity contribution is 6.06. The van der Waals surface area contributed by atoms with Crippen LogP contribution in [0.1, 0.15) is 18.7 Å². The summed E-state index contributed by atoms with van der Waals surface area (Å²) in [5, 5.41) is 20.5. The van der Waals surface area contributed by atoms with E-state index >= 15 is 0 Å². The van der Waals surface area contributed by atoms with Crippen molar-refractivity contribution in [3.05, 3.63) is 89.0 Å². The molecule has 38 heavy (non-hydrogen) atoms. The predicted molar refractivity (Wildman–Crippen MR) is 146 cm³/mol. The van der Waals surface area contributed by atoms with Crippen LogP contribution in [0.4, 0.5) is 4.79 Å². The van der Waals surface area contributed by atoms with Gasteiger partial charge in [0.1, 0.15) is 11.8 Å². The molecule has 2 unspecified atom stereocenters. The minimum Gasteiger partial charge on any atom is -0.481 e. The molecule has 0 aliphatic carbocycles. The third-order valence-electron chi connectivity index (χ3n) is 5.96. The van der Waals surface area contributed by atoms with E-state index in [9.17, 15) is 14.9 Å². The fourth-order valence-electron chi connectivity index (χ4n) is 4.23. The lowest BCUT2D eigenvalue weighted by Gasteiger charge is -2.20. The van der Waals surface area contributed by atoms with E-state index in [1.54, 1.807) is 23.8 Å². The van der Waals surface area contributed by atoms with Crippen LogP contribution in [0.2, 0.25) is 0 Å². The quantitative estimate of drug-likeness (QED) is 0.254. The highest BCUT2D eigenvalue weighted by atomic mass is 16.5. The van der Waals surface area contributed by atoms with Crippen molar-refractivity contribution in [2.24, 2.45) is 16.6 Å². The van der Waals surface area contributed by atoms with Crippen molar-refractivity contribution in [2.45, 2.75) is 13.0 Å². The summed E-state index contributed by atoms with van der Waals surface area (Å²) in [5.74, 6) is -0.766. The zero-order chi connectivity index (χ0) is 27.2. The molecule has 0 radical (unpaired) electrons. The molecule has 10 heteroatoms. The molecule has 4 aromatic rings. The van der Waals surface area contributed by atoms with Gasteiger partial charge in [-0.05, 0) is 47.7 Å². The molecule has 190 valence electrons. The molecule has 0 saturated heterocycles. The van der Waals surface area contributed by atoms with Crippen LogP contribution in [-0.4, -0.2) is 34.7 Å². The van der Waals surface area contributed by atoms with Crippen LogP contribution in [0.25, 0.3) is 27.6 Å². The van der Waals surface area contributed by atoms with Gasteiger partial charge in [0.05, 0.1) is 30.3 Å². The van der Waals surface area contributed by atoms with Gasteiger partial charge in [0, 0.05) is 24.2 Å². The van der Waals surface area contributed by atoms with Gasteiger partial charge in [-0.1, -0.05) is 36.4 Å². The maximum absolute atomic E-state index is 14.2. The summed E-state index contributed by atoms with van der Waals surface area (Å²) in [6, 6.07) is 20.4. The van der Waals surface area contributed by atoms with Gasteiger partial charge < -0.3 is 15.9 Å². The van der Waals surface area contributed by atoms with E-state index in [0.717, 1.165) is 11.8 Å². The second kappa shape index (κ2) is 11.2. The number of benzene rings is 2. The maximum atomic E-state index is 14.2. The molecule has 4 rings (SSSR count). The van der Waals surface area contributed by atoms with Crippen LogP contribution in [0.15, 0.2) is 82.7 Å². The number of urea groups is 1. The molecule has 0 spiro atoms. The average molecular weight is 508 g/mol. The molecule has 0 bridgehead atoms. The number of nitrogens with one attached hydrogen (secondary N) is 2. The second-order valence-electron chi connectivity index (χ2n) is 8.35. The van der Waals surface area contributed by atoms with E-state index in [1.165, 1.54) is 7.11 Å². The molecular weight excluding hydrogens is 482 g/mol. The Hall–Kier alpha value is -5.30. The number of hydrogen-bond acceptors (Lipinski definition) is 7. The molecule has 0 saturated carbocycles. The van der Waals surface area contributed by atoms with Crippen molar-refractivity contribution in [3.63, 3.8) is 0 Å². The van der Waals surface area contributed by atoms with Crippen LogP contribution >= 0.6 is 0 Å². The molecule has 0 aliphatic heterocycles. The number of amides is 2. The van der Waals surface area contributed by atoms with Gasteiger partial charge >= 0.3 is 6.03 Å². The Balaban J connectivity index is 2.01. The molecule has 2 amide bonds. The van der Waals surface area contributed by atoms with Gasteiger partial charge in [-0.2, -0.15) is 5.26 Å². The van der Waals surface area contributed by atoms with Crippen molar-refractivity contribution in [1.29, 1.82) is 10.7 Å². The topological polar surface area (TPSA) is 159 Å². The normalized spacial score (nSPS) is 12.8. The fraction of sp³-hybridized carbons (Fsp3) is 0.143. The number of amidine groups is 1. The summed E-state index contributed by atoms with van der Waals surface area (Å²) >= 11 is 0. The van der Waals surface area contributed by atoms with Crippen LogP contribution in [-0.2, 0) is 0 Å². The second-order valence-corrected chi connectivity index (χ2v) is 8.35. The SMILES string of the molecule is COc1cc(-c2cccc3cc(C(C)N=C(NC(N)=O)C(C#N)C=N)n(-c4ccccc4)c(=O)c23)ccn1. The average Bonchev–Trinajstić information content (AvgIpc) is 2.93. The molecule has 2 heterocycles. The maximum Gasteiger partial charge on any atom is 0.317 e. The Labute approximate surface area is 218 Å². The van der Waals surface area contributed by atoms with E-state index < -0.39 is 18.0 Å². The number of nitrogens with zero attached hydrogens (tertiary/aromatic N) is 4. The minimum absolute atomic E-state index is 0.0766. The Kier molecular flexibility index (Phi) is 7.58. The lowest BCUT2D eigenvalue weighted by molar-refractivity contribution is 0.253. The van der Waals surface area contributed by atoms with E-state index in [2.05, 4.69) is 15.3 Å². The lowest BCUT2D eigenvalue weighted by Crippen LogP contribution is -2.40. The number of aromatic nitrogens is 2. The molecule has 2 atom stereocenters. The first-order chi connectivity index (χ1) is 18.4. The number of hydrogen-bond donors (Lipinski definition) is 3. The number of fused-ring (bicyclic) bond motifs is 1. The first-order valence-corrected chi connectivity index (χ1v) is 11.7. The molecular formula is C28H25N7O3. The van der Waals surface area contributed by atoms with E-state index in [0.29, 0.717) is 33.6 Å². The van der Waals surface area contributed by atoms with Crippen molar-refractivity contribution >= 4 is 28.9 Å². The summed E-state index contributed by atoms with van der Waals surface area (Å²) in [4.78, 5) is 34.5. The van der Waals surface area contributed by atoms with Crippen LogP contribution < -0.4 is 21.3 Å². The van der Waals surface area contributed by atoms with E-state index in [-0.39, 0.29) is 11.4 Å². The molecule has 0 aliphatic rings. The van der Waals surface area contributed by atoms with Crippen molar-refractivity contribution in [2.75, 3.05) is 7.11 Å². The number of para-hydroxylation sites is 1. The lowest BCUT2D eigenvalue weighted by atomic mass is 9.98. The van der Waals surface area contributed by atoms with Crippen LogP contribution in [0.3, 0.4) is 0 Å². The minimum atomic E-state index is -1.12. The highest BCUT2D eigenvalue weighted by Gasteiger charge is 2.21. The first kappa shape index (κ1) is 25.8. The van der Waals surface area contributed by atoms with Gasteiger partial charge in [-0.3, -0.25) is 19.7 Å². The van der Waals surface area contributed by atoms with Gasteiger partial charge in [-0.25, -0.2) is 9.78 Å². The van der Waals surface area contributed by atoms with Gasteiger partial charge in [-0.15, -0.1) is 0 Å². The summed E-state index contributed by atoms with van der Waals surface area (Å²) in [6.45, 7) is 1.73. The zero-order valence-corrected chi connectivity index (χ0v) is 20.8. The number of primary amides is 1. The number of carbonyl (C=O) groups is 1. The smallest absolute Gasteiger partial charge is 0.317 e. The number of nitriles is 1. The number of nitrogens with two attached hydrogens (primary N) is 1. The molecule has 4 N–H and O–H groups in total. The van der Waals surface area contributed by atoms with Gasteiger partial charge in [0.25, 0.3) is 5.56 Å². The standard InChI is InChI=1S/C28H25N7O3/c1-17(33-26(34-28(31)37)20(15-29)16-30)23-13-19-7-6-10-22(18-11-12-32-24(14-18)38-2)25(19)27(36)35(23)21-8-4-3-5-9-21/h3-15,17,20,29H,1-2H3,(H3,31,33,34,37). The number of rotatable bonds is 7. The molecule has 2 aromatic carbocycles. The Morgan fingerprint density at radius 2 is 1.97 bits per heavy atom. The van der Waals surface area contributed by atoms with Crippen LogP contribution in [0.5, 0.6) is 5.88 Å². The van der Waals surface area contributed by atoms with Crippen molar-refractivity contribution in [3.8, 4) is 28.8 Å². The Morgan fingerprint density at radius 1 is 1.21 bits per heavy atom. The fourth-order valence-corrected chi connectivity index (χ4v) is 4.23. The van der Waals surface area contributed by atoms with Crippen molar-refractivity contribution in [1.82, 2.24) is 14.9 Å². The zero-order valence-electron chi connectivity index (χ0n) is 20.8. The highest BCUT2D eigenvalue weighted by Crippen LogP contribution is 2.31. The summed E-state index contributed by atoms with van der Waals surface area (Å²) in [5.41, 5.74) is 7.63. The first-order valence-electron chi connectivity index (χ1n) is 11.7. The number of methoxy groups -OCH3 is 1. The third kappa shape index (κ3) is 5.12. The van der Waals surface area contributed by atoms with Gasteiger partial charge in [0.15, 0.2) is 0 Å². The molecule has 10 nitrogen and oxygen atoms in total. The largest absolute Gasteiger partial charge is 0.481 e. The number of ether oxygens (including phenoxy) is 1. The number of carbonyl (C=O) groups excluding carboxylic acids is 1. The number of pyridine rings is 2. The van der Waals surface area contributed by atoms with Gasteiger partial charge in [0.2, 0.25) is 5.88 Å². The molecule has 2 aromatic heterocycles. The van der Waals surface area contributed by atoms with Crippen LogP contribution in [0, 0.1) is 22.7 Å². The third-order valence-corrected chi connectivity index (χ3v) is 5.96. The van der Waals surface area contributed by atoms with E-state index in [1.807, 2.05) is 66.7 Å². The molecule has 0 fully saturated rings. The predicted octanol–water partition coefficient (Wildman–Crippen LogP) is 3.98.